The number of halogens is 1. The number of carbonyl (C=O) groups is 2. The van der Waals surface area contributed by atoms with Crippen LogP contribution in [0.4, 0.5) is 14.9 Å². The number of benzene rings is 3. The van der Waals surface area contributed by atoms with Crippen LogP contribution in [0.15, 0.2) is 72.8 Å². The van der Waals surface area contributed by atoms with Gasteiger partial charge in [-0.2, -0.15) is 0 Å². The molecular weight excluding hydrogens is 543 g/mol. The second kappa shape index (κ2) is 17.6. The number of anilines is 1. The normalized spacial score (nSPS) is 11.5. The molecule has 0 radical (unpaired) electrons. The van der Waals surface area contributed by atoms with Gasteiger partial charge in [0.1, 0.15) is 23.9 Å². The first-order valence-corrected chi connectivity index (χ1v) is 14.0. The molecule has 3 aromatic rings. The minimum atomic E-state index is -0.996. The van der Waals surface area contributed by atoms with Gasteiger partial charge < -0.3 is 34.3 Å². The summed E-state index contributed by atoms with van der Waals surface area (Å²) in [5.74, 6) is 0.0387. The molecule has 0 saturated heterocycles. The third kappa shape index (κ3) is 11.4. The van der Waals surface area contributed by atoms with Gasteiger partial charge in [0.15, 0.2) is 6.10 Å². The van der Waals surface area contributed by atoms with Gasteiger partial charge in [0.05, 0.1) is 20.3 Å². The van der Waals surface area contributed by atoms with E-state index in [9.17, 15) is 19.1 Å². The van der Waals surface area contributed by atoms with Gasteiger partial charge >= 0.3 is 12.0 Å². The van der Waals surface area contributed by atoms with Gasteiger partial charge in [0.25, 0.3) is 0 Å². The lowest BCUT2D eigenvalue weighted by atomic mass is 10.1. The summed E-state index contributed by atoms with van der Waals surface area (Å²) in [5, 5.41) is 12.2. The Bertz CT molecular complexity index is 1220. The van der Waals surface area contributed by atoms with Crippen molar-refractivity contribution in [2.75, 3.05) is 45.3 Å². The second-order valence-electron chi connectivity index (χ2n) is 9.51. The van der Waals surface area contributed by atoms with E-state index in [1.54, 1.807) is 67.5 Å². The van der Waals surface area contributed by atoms with Crippen molar-refractivity contribution in [1.29, 1.82) is 0 Å². The highest BCUT2D eigenvalue weighted by atomic mass is 19.1. The number of methoxy groups -OCH3 is 1. The Morgan fingerprint density at radius 1 is 0.881 bits per heavy atom. The van der Waals surface area contributed by atoms with Crippen LogP contribution in [0, 0.1) is 5.82 Å². The van der Waals surface area contributed by atoms with Crippen LogP contribution in [0.2, 0.25) is 0 Å². The van der Waals surface area contributed by atoms with Crippen molar-refractivity contribution in [2.24, 2.45) is 0 Å². The highest BCUT2D eigenvalue weighted by molar-refractivity contribution is 5.89. The van der Waals surface area contributed by atoms with Crippen LogP contribution in [0.25, 0.3) is 0 Å². The molecule has 0 aliphatic rings. The van der Waals surface area contributed by atoms with E-state index in [0.717, 1.165) is 24.0 Å². The zero-order chi connectivity index (χ0) is 30.2. The van der Waals surface area contributed by atoms with E-state index < -0.39 is 12.1 Å². The zero-order valence-electron chi connectivity index (χ0n) is 24.1. The lowest BCUT2D eigenvalue weighted by molar-refractivity contribution is -0.149. The Morgan fingerprint density at radius 3 is 2.19 bits per heavy atom. The molecule has 0 fully saturated rings. The number of urea groups is 1. The molecule has 3 rings (SSSR count). The van der Waals surface area contributed by atoms with Crippen LogP contribution >= 0.6 is 0 Å². The van der Waals surface area contributed by atoms with E-state index in [1.807, 2.05) is 12.1 Å². The standard InChI is InChI=1S/C32H39FN2O7/c1-3-41-30(31(36)37)22-24-8-14-29(15-9-24)42-21-19-35(32(38)34-27-12-16-28(39-2)17-13-27)18-4-5-20-40-23-25-6-10-26(33)11-7-25/h6-17,30H,3-5,18-23H2,1-2H3,(H,34,38)(H,36,37). The summed E-state index contributed by atoms with van der Waals surface area (Å²) in [6.45, 7) is 4.12. The minimum absolute atomic E-state index is 0.248. The highest BCUT2D eigenvalue weighted by Crippen LogP contribution is 2.17. The number of carboxylic acids is 1. The maximum Gasteiger partial charge on any atom is 0.333 e. The third-order valence-electron chi connectivity index (χ3n) is 6.39. The van der Waals surface area contributed by atoms with Gasteiger partial charge in [-0.25, -0.2) is 14.0 Å². The number of carboxylic acid groups (broad SMARTS) is 1. The van der Waals surface area contributed by atoms with E-state index in [2.05, 4.69) is 5.32 Å². The number of carbonyl (C=O) groups excluding carboxylic acids is 1. The lowest BCUT2D eigenvalue weighted by Gasteiger charge is -2.23. The Hall–Kier alpha value is -4.15. The number of rotatable bonds is 18. The average molecular weight is 583 g/mol. The number of amides is 2. The molecule has 0 heterocycles. The van der Waals surface area contributed by atoms with Crippen LogP contribution in [-0.4, -0.2) is 68.1 Å². The Kier molecular flexibility index (Phi) is 13.6. The van der Waals surface area contributed by atoms with Crippen LogP contribution in [0.3, 0.4) is 0 Å². The van der Waals surface area contributed by atoms with E-state index in [1.165, 1.54) is 12.1 Å². The molecule has 9 nitrogen and oxygen atoms in total. The molecule has 0 bridgehead atoms. The molecule has 1 unspecified atom stereocenters. The summed E-state index contributed by atoms with van der Waals surface area (Å²) in [4.78, 5) is 26.1. The summed E-state index contributed by atoms with van der Waals surface area (Å²) in [6.07, 6.45) is 0.831. The van der Waals surface area contributed by atoms with Crippen molar-refractivity contribution in [2.45, 2.75) is 38.9 Å². The van der Waals surface area contributed by atoms with E-state index in [4.69, 9.17) is 18.9 Å². The molecule has 0 aliphatic heterocycles. The molecule has 0 spiro atoms. The first-order valence-electron chi connectivity index (χ1n) is 14.0. The molecule has 42 heavy (non-hydrogen) atoms. The summed E-state index contributed by atoms with van der Waals surface area (Å²) >= 11 is 0. The average Bonchev–Trinajstić information content (AvgIpc) is 2.99. The van der Waals surface area contributed by atoms with Crippen molar-refractivity contribution in [3.63, 3.8) is 0 Å². The molecule has 2 amide bonds. The van der Waals surface area contributed by atoms with Crippen LogP contribution in [0.1, 0.15) is 30.9 Å². The Balaban J connectivity index is 1.49. The molecule has 0 aliphatic carbocycles. The van der Waals surface area contributed by atoms with Crippen LogP contribution < -0.4 is 14.8 Å². The maximum absolute atomic E-state index is 13.1. The summed E-state index contributed by atoms with van der Waals surface area (Å²) in [7, 11) is 1.58. The van der Waals surface area contributed by atoms with Gasteiger partial charge in [-0.15, -0.1) is 0 Å². The number of nitrogens with zero attached hydrogens (tertiary/aromatic N) is 1. The molecule has 226 valence electrons. The topological polar surface area (TPSA) is 107 Å². The number of hydrogen-bond donors (Lipinski definition) is 2. The molecule has 3 aromatic carbocycles. The smallest absolute Gasteiger partial charge is 0.333 e. The van der Waals surface area contributed by atoms with Crippen molar-refractivity contribution in [3.8, 4) is 11.5 Å². The maximum atomic E-state index is 13.1. The SMILES string of the molecule is CCOC(Cc1ccc(OCCN(CCCCOCc2ccc(F)cc2)C(=O)Nc2ccc(OC)cc2)cc1)C(=O)O. The minimum Gasteiger partial charge on any atom is -0.497 e. The predicted octanol–water partition coefficient (Wildman–Crippen LogP) is 5.78. The number of ether oxygens (including phenoxy) is 4. The largest absolute Gasteiger partial charge is 0.497 e. The lowest BCUT2D eigenvalue weighted by Crippen LogP contribution is -2.38. The van der Waals surface area contributed by atoms with Crippen molar-refractivity contribution in [3.05, 3.63) is 89.7 Å². The van der Waals surface area contributed by atoms with Crippen LogP contribution in [-0.2, 0) is 27.3 Å². The highest BCUT2D eigenvalue weighted by Gasteiger charge is 2.18. The Labute approximate surface area is 246 Å². The van der Waals surface area contributed by atoms with Gasteiger partial charge in [0, 0.05) is 31.9 Å². The van der Waals surface area contributed by atoms with Gasteiger partial charge in [-0.1, -0.05) is 24.3 Å². The van der Waals surface area contributed by atoms with Gasteiger partial charge in [0.2, 0.25) is 0 Å². The first kappa shape index (κ1) is 32.4. The fourth-order valence-electron chi connectivity index (χ4n) is 4.10. The quantitative estimate of drug-likeness (QED) is 0.183. The van der Waals surface area contributed by atoms with Crippen molar-refractivity contribution >= 4 is 17.7 Å². The molecule has 0 aromatic heterocycles. The van der Waals surface area contributed by atoms with Crippen LogP contribution in [0.5, 0.6) is 11.5 Å². The number of unbranched alkanes of at least 4 members (excludes halogenated alkanes) is 1. The number of nitrogens with one attached hydrogen (secondary N) is 1. The second-order valence-corrected chi connectivity index (χ2v) is 9.51. The first-order chi connectivity index (χ1) is 20.4. The number of aliphatic carboxylic acids is 1. The molecule has 2 N–H and O–H groups in total. The molecular formula is C32H39FN2O7. The monoisotopic (exact) mass is 582 g/mol. The number of hydrogen-bond acceptors (Lipinski definition) is 6. The fraction of sp³-hybridized carbons (Fsp3) is 0.375. The summed E-state index contributed by atoms with van der Waals surface area (Å²) in [6, 6.07) is 20.2. The molecule has 0 saturated carbocycles. The van der Waals surface area contributed by atoms with Gasteiger partial charge in [-0.3, -0.25) is 0 Å². The predicted molar refractivity (Wildman–Crippen MR) is 158 cm³/mol. The summed E-state index contributed by atoms with van der Waals surface area (Å²) in [5.41, 5.74) is 2.38. The third-order valence-corrected chi connectivity index (χ3v) is 6.39. The zero-order valence-corrected chi connectivity index (χ0v) is 24.1. The van der Waals surface area contributed by atoms with E-state index >= 15 is 0 Å². The van der Waals surface area contributed by atoms with Gasteiger partial charge in [-0.05, 0) is 79.4 Å². The van der Waals surface area contributed by atoms with Crippen molar-refractivity contribution < 1.29 is 38.0 Å². The summed E-state index contributed by atoms with van der Waals surface area (Å²) < 4.78 is 35.1. The fourth-order valence-corrected chi connectivity index (χ4v) is 4.10. The van der Waals surface area contributed by atoms with Crippen molar-refractivity contribution in [1.82, 2.24) is 4.90 Å². The molecule has 1 atom stereocenters. The Morgan fingerprint density at radius 2 is 1.55 bits per heavy atom. The van der Waals surface area contributed by atoms with E-state index in [0.29, 0.717) is 50.1 Å². The molecule has 10 heteroatoms. The van der Waals surface area contributed by atoms with E-state index in [-0.39, 0.29) is 24.9 Å².